The van der Waals surface area contributed by atoms with E-state index in [1.54, 1.807) is 6.92 Å². The number of hydrogen-bond donors (Lipinski definition) is 3. The number of fused-ring (bicyclic) bond motifs is 1. The van der Waals surface area contributed by atoms with Gasteiger partial charge in [0.2, 0.25) is 4.34 Å². The lowest BCUT2D eigenvalue weighted by Gasteiger charge is -2.35. The fourth-order valence-electron chi connectivity index (χ4n) is 4.72. The molecular formula is C22H27N3O5S2. The van der Waals surface area contributed by atoms with E-state index < -0.39 is 21.7 Å². The van der Waals surface area contributed by atoms with Gasteiger partial charge in [0.15, 0.2) is 5.60 Å². The van der Waals surface area contributed by atoms with Gasteiger partial charge in [-0.2, -0.15) is 8.42 Å². The number of aromatic nitrogens is 1. The number of aliphatic hydroxyl groups is 1. The number of carbonyl (C=O) groups is 1. The largest absolute Gasteiger partial charge is 0.379 e. The molecule has 1 unspecified atom stereocenters. The molecule has 5 rings (SSSR count). The van der Waals surface area contributed by atoms with E-state index in [4.69, 9.17) is 4.74 Å². The second kappa shape index (κ2) is 7.79. The van der Waals surface area contributed by atoms with Gasteiger partial charge in [0, 0.05) is 10.6 Å². The number of thiazole rings is 1. The maximum Gasteiger partial charge on any atom is 0.333 e. The van der Waals surface area contributed by atoms with Gasteiger partial charge < -0.3 is 15.2 Å². The number of sulfonamides is 1. The van der Waals surface area contributed by atoms with Gasteiger partial charge in [-0.05, 0) is 67.6 Å². The number of rotatable bonds is 6. The minimum atomic E-state index is -4.18. The van der Waals surface area contributed by atoms with Gasteiger partial charge in [0.05, 0.1) is 18.9 Å². The predicted molar refractivity (Wildman–Crippen MR) is 121 cm³/mol. The molecule has 0 bridgehead atoms. The summed E-state index contributed by atoms with van der Waals surface area (Å²) in [7, 11) is -4.18. The van der Waals surface area contributed by atoms with Crippen molar-refractivity contribution in [3.8, 4) is 0 Å². The third kappa shape index (κ3) is 3.83. The van der Waals surface area contributed by atoms with Gasteiger partial charge in [-0.15, -0.1) is 11.3 Å². The summed E-state index contributed by atoms with van der Waals surface area (Å²) in [5, 5.41) is 13.3. The van der Waals surface area contributed by atoms with E-state index in [9.17, 15) is 18.3 Å². The quantitative estimate of drug-likeness (QED) is 0.588. The molecule has 1 aromatic heterocycles. The fraction of sp³-hybridized carbons (Fsp3) is 0.545. The Morgan fingerprint density at radius 1 is 1.31 bits per heavy atom. The number of nitrogens with one attached hydrogen (secondary N) is 2. The number of benzene rings is 1. The van der Waals surface area contributed by atoms with Crippen molar-refractivity contribution in [2.24, 2.45) is 5.92 Å². The van der Waals surface area contributed by atoms with Crippen LogP contribution in [0.2, 0.25) is 0 Å². The molecule has 2 aliphatic carbocycles. The maximum absolute atomic E-state index is 12.9. The fourth-order valence-corrected chi connectivity index (χ4v) is 6.98. The molecule has 172 valence electrons. The van der Waals surface area contributed by atoms with Crippen molar-refractivity contribution in [2.45, 2.75) is 61.8 Å². The number of hydrogen-bond acceptors (Lipinski definition) is 7. The van der Waals surface area contributed by atoms with E-state index in [-0.39, 0.29) is 23.2 Å². The molecule has 2 heterocycles. The molecule has 1 saturated carbocycles. The molecular weight excluding hydrogens is 450 g/mol. The van der Waals surface area contributed by atoms with E-state index in [0.29, 0.717) is 16.7 Å². The molecule has 32 heavy (non-hydrogen) atoms. The van der Waals surface area contributed by atoms with Gasteiger partial charge in [-0.1, -0.05) is 19.1 Å². The first-order valence-corrected chi connectivity index (χ1v) is 13.2. The summed E-state index contributed by atoms with van der Waals surface area (Å²) in [5.74, 6) is 0.919. The van der Waals surface area contributed by atoms with Crippen LogP contribution in [0.5, 0.6) is 0 Å². The highest BCUT2D eigenvalue weighted by atomic mass is 32.2. The van der Waals surface area contributed by atoms with E-state index in [0.717, 1.165) is 47.4 Å². The summed E-state index contributed by atoms with van der Waals surface area (Å²) in [6.45, 7) is 4.02. The second-order valence-electron chi connectivity index (χ2n) is 9.12. The van der Waals surface area contributed by atoms with Crippen molar-refractivity contribution < 1.29 is 23.1 Å². The van der Waals surface area contributed by atoms with Crippen LogP contribution >= 0.6 is 11.3 Å². The third-order valence-corrected chi connectivity index (χ3v) is 9.41. The molecule has 8 nitrogen and oxygen atoms in total. The van der Waals surface area contributed by atoms with Crippen LogP contribution < -0.4 is 10.0 Å². The molecule has 1 aromatic carbocycles. The molecule has 2 aromatic rings. The highest BCUT2D eigenvalue weighted by molar-refractivity contribution is 7.92. The minimum Gasteiger partial charge on any atom is -0.379 e. The molecule has 0 radical (unpaired) electrons. The second-order valence-corrected chi connectivity index (χ2v) is 12.2. The van der Waals surface area contributed by atoms with Gasteiger partial charge in [-0.25, -0.2) is 14.5 Å². The summed E-state index contributed by atoms with van der Waals surface area (Å²) >= 11 is 0.929. The van der Waals surface area contributed by atoms with Crippen LogP contribution in [0.3, 0.4) is 0 Å². The topological polar surface area (TPSA) is 118 Å². The minimum absolute atomic E-state index is 0.0754. The van der Waals surface area contributed by atoms with Crippen LogP contribution in [0, 0.1) is 12.8 Å². The van der Waals surface area contributed by atoms with Crippen LogP contribution in [0.1, 0.15) is 59.4 Å². The Bertz CT molecular complexity index is 1180. The first-order valence-electron chi connectivity index (χ1n) is 10.9. The summed E-state index contributed by atoms with van der Waals surface area (Å²) in [5.41, 5.74) is 3.17. The van der Waals surface area contributed by atoms with Crippen molar-refractivity contribution in [1.29, 1.82) is 0 Å². The Labute approximate surface area is 191 Å². The van der Waals surface area contributed by atoms with Crippen molar-refractivity contribution in [2.75, 3.05) is 18.5 Å². The number of anilines is 1. The summed E-state index contributed by atoms with van der Waals surface area (Å²) in [6.07, 6.45) is 5.23. The van der Waals surface area contributed by atoms with Crippen molar-refractivity contribution in [3.63, 3.8) is 0 Å². The molecule has 1 aliphatic heterocycles. The van der Waals surface area contributed by atoms with Crippen molar-refractivity contribution in [1.82, 2.24) is 9.71 Å². The van der Waals surface area contributed by atoms with E-state index >= 15 is 0 Å². The SMILES string of the molecule is Cc1sc(S(=O)(=O)NC(=O)Nc2c(C(C)C3CC3)ccc3c2CCC3)nc1C1(O)COC1. The highest BCUT2D eigenvalue weighted by Crippen LogP contribution is 2.46. The standard InChI is InChI=1S/C22H27N3O5S2/c1-12(14-6-7-14)16-9-8-15-4-3-5-17(15)18(16)23-20(26)25-32(28,29)21-24-19(13(2)31-21)22(27)10-30-11-22/h8-9,12,14,27H,3-7,10-11H2,1-2H3,(H2,23,25,26). The number of nitrogens with zero attached hydrogens (tertiary/aromatic N) is 1. The Kier molecular flexibility index (Phi) is 5.31. The van der Waals surface area contributed by atoms with Crippen LogP contribution in [0.25, 0.3) is 0 Å². The molecule has 1 saturated heterocycles. The molecule has 10 heteroatoms. The number of urea groups is 1. The monoisotopic (exact) mass is 477 g/mol. The zero-order chi connectivity index (χ0) is 22.7. The number of aryl methyl sites for hydroxylation is 2. The first-order chi connectivity index (χ1) is 15.2. The van der Waals surface area contributed by atoms with Gasteiger partial charge >= 0.3 is 6.03 Å². The lowest BCUT2D eigenvalue weighted by atomic mass is 9.91. The highest BCUT2D eigenvalue weighted by Gasteiger charge is 2.43. The average Bonchev–Trinajstić information content (AvgIpc) is 3.31. The molecule has 3 aliphatic rings. The Hall–Kier alpha value is -2.01. The predicted octanol–water partition coefficient (Wildman–Crippen LogP) is 3.18. The number of carbonyl (C=O) groups excluding carboxylic acids is 1. The lowest BCUT2D eigenvalue weighted by molar-refractivity contribution is -0.187. The Morgan fingerprint density at radius 3 is 2.72 bits per heavy atom. The van der Waals surface area contributed by atoms with Crippen LogP contribution in [0.4, 0.5) is 10.5 Å². The van der Waals surface area contributed by atoms with Gasteiger partial charge in [0.25, 0.3) is 10.0 Å². The molecule has 3 N–H and O–H groups in total. The lowest BCUT2D eigenvalue weighted by Crippen LogP contribution is -2.47. The maximum atomic E-state index is 12.9. The normalized spacial score (nSPS) is 20.3. The molecule has 2 fully saturated rings. The van der Waals surface area contributed by atoms with Crippen molar-refractivity contribution in [3.05, 3.63) is 39.4 Å². The van der Waals surface area contributed by atoms with Gasteiger partial charge in [-0.3, -0.25) is 0 Å². The van der Waals surface area contributed by atoms with Crippen LogP contribution in [-0.4, -0.2) is 37.8 Å². The van der Waals surface area contributed by atoms with Crippen LogP contribution in [0.15, 0.2) is 16.5 Å². The van der Waals surface area contributed by atoms with E-state index in [2.05, 4.69) is 34.1 Å². The van der Waals surface area contributed by atoms with E-state index in [1.807, 2.05) is 0 Å². The molecule has 2 amide bonds. The Balaban J connectivity index is 1.38. The zero-order valence-corrected chi connectivity index (χ0v) is 19.7. The number of ether oxygens (including phenoxy) is 1. The summed E-state index contributed by atoms with van der Waals surface area (Å²) in [6, 6.07) is 3.43. The Morgan fingerprint density at radius 2 is 2.06 bits per heavy atom. The van der Waals surface area contributed by atoms with E-state index in [1.165, 1.54) is 18.4 Å². The number of amides is 2. The third-order valence-electron chi connectivity index (χ3n) is 6.73. The van der Waals surface area contributed by atoms with Gasteiger partial charge in [0.1, 0.15) is 0 Å². The molecule has 0 spiro atoms. The molecule has 1 atom stereocenters. The average molecular weight is 478 g/mol. The smallest absolute Gasteiger partial charge is 0.333 e. The summed E-state index contributed by atoms with van der Waals surface area (Å²) in [4.78, 5) is 17.5. The first kappa shape index (κ1) is 21.8. The van der Waals surface area contributed by atoms with Crippen molar-refractivity contribution >= 4 is 33.1 Å². The summed E-state index contributed by atoms with van der Waals surface area (Å²) < 4.78 is 32.6. The zero-order valence-electron chi connectivity index (χ0n) is 18.1. The van der Waals surface area contributed by atoms with Crippen LogP contribution in [-0.2, 0) is 33.2 Å².